The maximum absolute atomic E-state index is 13.2. The SMILES string of the molecule is Cn1nc([C@H]2CCCN(C(=O)c3nc4ccccc4s3)C2)n(-c2ccccc2)c1=O. The van der Waals surface area contributed by atoms with Crippen LogP contribution in [0.4, 0.5) is 0 Å². The molecule has 3 heterocycles. The third kappa shape index (κ3) is 3.23. The molecule has 1 atom stereocenters. The highest BCUT2D eigenvalue weighted by molar-refractivity contribution is 7.20. The Hall–Kier alpha value is -3.26. The lowest BCUT2D eigenvalue weighted by atomic mass is 9.97. The predicted molar refractivity (Wildman–Crippen MR) is 116 cm³/mol. The minimum Gasteiger partial charge on any atom is -0.336 e. The molecule has 0 N–H and O–H groups in total. The largest absolute Gasteiger partial charge is 0.350 e. The Balaban J connectivity index is 1.46. The topological polar surface area (TPSA) is 73.0 Å². The molecule has 8 heteroatoms. The number of aromatic nitrogens is 4. The van der Waals surface area contributed by atoms with Crippen LogP contribution in [0.15, 0.2) is 59.4 Å². The van der Waals surface area contributed by atoms with Crippen molar-refractivity contribution in [3.63, 3.8) is 0 Å². The molecule has 0 saturated carbocycles. The zero-order valence-corrected chi connectivity index (χ0v) is 17.4. The summed E-state index contributed by atoms with van der Waals surface area (Å²) in [4.78, 5) is 32.3. The molecule has 1 saturated heterocycles. The molecule has 30 heavy (non-hydrogen) atoms. The summed E-state index contributed by atoms with van der Waals surface area (Å²) in [6.07, 6.45) is 1.74. The molecule has 1 fully saturated rings. The second-order valence-electron chi connectivity index (χ2n) is 7.51. The van der Waals surface area contributed by atoms with E-state index in [4.69, 9.17) is 0 Å². The van der Waals surface area contributed by atoms with E-state index in [9.17, 15) is 9.59 Å². The fourth-order valence-corrected chi connectivity index (χ4v) is 4.97. The Morgan fingerprint density at radius 1 is 1.10 bits per heavy atom. The number of aryl methyl sites for hydroxylation is 1. The maximum Gasteiger partial charge on any atom is 0.350 e. The van der Waals surface area contributed by atoms with E-state index in [1.165, 1.54) is 16.0 Å². The van der Waals surface area contributed by atoms with E-state index < -0.39 is 0 Å². The standard InChI is InChI=1S/C22H21N5O2S/c1-25-22(29)27(16-9-3-2-4-10-16)19(24-25)15-8-7-13-26(14-15)21(28)20-23-17-11-5-6-12-18(17)30-20/h2-6,9-12,15H,7-8,13-14H2,1H3/t15-/m0/s1. The van der Waals surface area contributed by atoms with Crippen molar-refractivity contribution in [1.29, 1.82) is 0 Å². The number of piperidine rings is 1. The number of carbonyl (C=O) groups is 1. The Kier molecular flexibility index (Phi) is 4.71. The number of hydrogen-bond acceptors (Lipinski definition) is 5. The van der Waals surface area contributed by atoms with Crippen LogP contribution in [0.3, 0.4) is 0 Å². The fraction of sp³-hybridized carbons (Fsp3) is 0.273. The summed E-state index contributed by atoms with van der Waals surface area (Å²) in [7, 11) is 1.66. The Bertz CT molecular complexity index is 1240. The van der Waals surface area contributed by atoms with Crippen molar-refractivity contribution in [2.45, 2.75) is 18.8 Å². The summed E-state index contributed by atoms with van der Waals surface area (Å²) < 4.78 is 4.05. The highest BCUT2D eigenvalue weighted by Gasteiger charge is 2.31. The van der Waals surface area contributed by atoms with E-state index in [0.29, 0.717) is 23.9 Å². The van der Waals surface area contributed by atoms with E-state index in [0.717, 1.165) is 28.7 Å². The molecule has 0 bridgehead atoms. The number of hydrogen-bond donors (Lipinski definition) is 0. The highest BCUT2D eigenvalue weighted by atomic mass is 32.1. The van der Waals surface area contributed by atoms with E-state index in [1.807, 2.05) is 59.5 Å². The molecule has 2 aromatic heterocycles. The van der Waals surface area contributed by atoms with Crippen LogP contribution in [0.2, 0.25) is 0 Å². The minimum atomic E-state index is -0.175. The second kappa shape index (κ2) is 7.53. The average molecular weight is 420 g/mol. The zero-order valence-electron chi connectivity index (χ0n) is 16.6. The van der Waals surface area contributed by atoms with Gasteiger partial charge in [0.15, 0.2) is 5.01 Å². The number of para-hydroxylation sites is 2. The van der Waals surface area contributed by atoms with Gasteiger partial charge < -0.3 is 4.90 Å². The van der Waals surface area contributed by atoms with Crippen molar-refractivity contribution >= 4 is 27.5 Å². The summed E-state index contributed by atoms with van der Waals surface area (Å²) in [5.41, 5.74) is 1.47. The number of rotatable bonds is 3. The number of benzene rings is 2. The van der Waals surface area contributed by atoms with Crippen molar-refractivity contribution in [3.8, 4) is 5.69 Å². The summed E-state index contributed by atoms with van der Waals surface area (Å²) in [6, 6.07) is 17.3. The first kappa shape index (κ1) is 18.7. The van der Waals surface area contributed by atoms with Gasteiger partial charge in [-0.25, -0.2) is 19.0 Å². The molecular formula is C22H21N5O2S. The Morgan fingerprint density at radius 2 is 1.87 bits per heavy atom. The van der Waals surface area contributed by atoms with Gasteiger partial charge in [-0.3, -0.25) is 4.79 Å². The molecule has 2 aromatic carbocycles. The van der Waals surface area contributed by atoms with Gasteiger partial charge in [-0.05, 0) is 37.1 Å². The number of carbonyl (C=O) groups excluding carboxylic acids is 1. The van der Waals surface area contributed by atoms with Gasteiger partial charge in [0.05, 0.1) is 15.9 Å². The van der Waals surface area contributed by atoms with Gasteiger partial charge in [0, 0.05) is 26.1 Å². The summed E-state index contributed by atoms with van der Waals surface area (Å²) in [5, 5.41) is 5.04. The van der Waals surface area contributed by atoms with E-state index in [-0.39, 0.29) is 17.5 Å². The van der Waals surface area contributed by atoms with Gasteiger partial charge in [-0.2, -0.15) is 5.10 Å². The van der Waals surface area contributed by atoms with Crippen LogP contribution in [-0.2, 0) is 7.05 Å². The van der Waals surface area contributed by atoms with Gasteiger partial charge in [-0.15, -0.1) is 11.3 Å². The first-order valence-corrected chi connectivity index (χ1v) is 10.8. The molecule has 5 rings (SSSR count). The van der Waals surface area contributed by atoms with Crippen LogP contribution in [0, 0.1) is 0 Å². The van der Waals surface area contributed by atoms with Gasteiger partial charge in [0.25, 0.3) is 5.91 Å². The van der Waals surface area contributed by atoms with Crippen molar-refractivity contribution in [2.75, 3.05) is 13.1 Å². The predicted octanol–water partition coefficient (Wildman–Crippen LogP) is 3.20. The van der Waals surface area contributed by atoms with E-state index in [2.05, 4.69) is 10.1 Å². The van der Waals surface area contributed by atoms with Gasteiger partial charge in [-0.1, -0.05) is 30.3 Å². The smallest absolute Gasteiger partial charge is 0.336 e. The molecule has 0 radical (unpaired) electrons. The van der Waals surface area contributed by atoms with Crippen LogP contribution in [0.1, 0.15) is 34.4 Å². The van der Waals surface area contributed by atoms with Crippen molar-refractivity contribution < 1.29 is 4.79 Å². The van der Waals surface area contributed by atoms with Gasteiger partial charge in [0.2, 0.25) is 0 Å². The quantitative estimate of drug-likeness (QED) is 0.511. The molecule has 0 unspecified atom stereocenters. The number of amides is 1. The first-order chi connectivity index (χ1) is 14.6. The Morgan fingerprint density at radius 3 is 2.67 bits per heavy atom. The lowest BCUT2D eigenvalue weighted by Crippen LogP contribution is -2.40. The molecule has 0 aliphatic carbocycles. The summed E-state index contributed by atoms with van der Waals surface area (Å²) >= 11 is 1.43. The third-order valence-corrected chi connectivity index (χ3v) is 6.54. The fourth-order valence-electron chi connectivity index (χ4n) is 4.04. The highest BCUT2D eigenvalue weighted by Crippen LogP contribution is 2.29. The lowest BCUT2D eigenvalue weighted by molar-refractivity contribution is 0.0703. The van der Waals surface area contributed by atoms with Crippen LogP contribution < -0.4 is 5.69 Å². The van der Waals surface area contributed by atoms with E-state index in [1.54, 1.807) is 11.6 Å². The minimum absolute atomic E-state index is 0.00816. The number of nitrogens with zero attached hydrogens (tertiary/aromatic N) is 5. The van der Waals surface area contributed by atoms with Crippen LogP contribution in [0.25, 0.3) is 15.9 Å². The van der Waals surface area contributed by atoms with Crippen molar-refractivity contribution in [3.05, 3.63) is 75.9 Å². The van der Waals surface area contributed by atoms with Crippen LogP contribution in [0.5, 0.6) is 0 Å². The second-order valence-corrected chi connectivity index (χ2v) is 8.54. The van der Waals surface area contributed by atoms with Crippen LogP contribution in [-0.4, -0.2) is 43.2 Å². The molecule has 7 nitrogen and oxygen atoms in total. The maximum atomic E-state index is 13.2. The molecule has 0 spiro atoms. The first-order valence-electron chi connectivity index (χ1n) is 9.98. The normalized spacial score (nSPS) is 16.8. The molecular weight excluding hydrogens is 398 g/mol. The molecule has 1 aliphatic heterocycles. The molecule has 1 amide bonds. The molecule has 152 valence electrons. The molecule has 4 aromatic rings. The lowest BCUT2D eigenvalue weighted by Gasteiger charge is -2.31. The number of likely N-dealkylation sites (tertiary alicyclic amines) is 1. The van der Waals surface area contributed by atoms with Crippen LogP contribution >= 0.6 is 11.3 Å². The van der Waals surface area contributed by atoms with Gasteiger partial charge >= 0.3 is 5.69 Å². The molecule has 1 aliphatic rings. The monoisotopic (exact) mass is 419 g/mol. The average Bonchev–Trinajstić information content (AvgIpc) is 3.35. The van der Waals surface area contributed by atoms with Gasteiger partial charge in [0.1, 0.15) is 5.82 Å². The zero-order chi connectivity index (χ0) is 20.7. The number of thiazole rings is 1. The van der Waals surface area contributed by atoms with Crippen molar-refractivity contribution in [1.82, 2.24) is 24.2 Å². The number of fused-ring (bicyclic) bond motifs is 1. The third-order valence-electron chi connectivity index (χ3n) is 5.51. The van der Waals surface area contributed by atoms with E-state index >= 15 is 0 Å². The summed E-state index contributed by atoms with van der Waals surface area (Å²) in [5.74, 6) is 0.645. The summed E-state index contributed by atoms with van der Waals surface area (Å²) in [6.45, 7) is 1.21. The van der Waals surface area contributed by atoms with Crippen molar-refractivity contribution in [2.24, 2.45) is 7.05 Å². The Labute approximate surface area is 177 Å².